The third-order valence-corrected chi connectivity index (χ3v) is 10.3. The van der Waals surface area contributed by atoms with Crippen LogP contribution in [-0.2, 0) is 25.6 Å². The van der Waals surface area contributed by atoms with E-state index >= 15 is 0 Å². The minimum Gasteiger partial charge on any atom is -0.444 e. The molecule has 1 unspecified atom stereocenters. The minimum atomic E-state index is -1.36. The van der Waals surface area contributed by atoms with Crippen molar-refractivity contribution in [3.63, 3.8) is 0 Å². The number of carbonyl (C=O) groups excluding carboxylic acids is 4. The molecule has 1 aromatic heterocycles. The van der Waals surface area contributed by atoms with Gasteiger partial charge >= 0.3 is 11.8 Å². The summed E-state index contributed by atoms with van der Waals surface area (Å²) in [5.41, 5.74) is 0.744. The van der Waals surface area contributed by atoms with Gasteiger partial charge in [0.05, 0.1) is 34.9 Å². The van der Waals surface area contributed by atoms with Crippen LogP contribution in [0, 0.1) is 0 Å². The van der Waals surface area contributed by atoms with E-state index in [-0.39, 0.29) is 63.3 Å². The quantitative estimate of drug-likeness (QED) is 0.247. The number of piperazine rings is 1. The maximum atomic E-state index is 14.0. The fourth-order valence-electron chi connectivity index (χ4n) is 6.19. The molecule has 0 bridgehead atoms. The second kappa shape index (κ2) is 12.8. The Kier molecular flexibility index (Phi) is 9.39. The van der Waals surface area contributed by atoms with Crippen LogP contribution in [0.3, 0.4) is 0 Å². The zero-order valence-electron chi connectivity index (χ0n) is 27.6. The number of likely N-dealkylation sites (tertiary alicyclic amines) is 1. The first-order chi connectivity index (χ1) is 21.6. The molecule has 4 amide bonds. The van der Waals surface area contributed by atoms with Gasteiger partial charge in [0.1, 0.15) is 18.4 Å². The Morgan fingerprint density at radius 1 is 1.09 bits per heavy atom. The van der Waals surface area contributed by atoms with Gasteiger partial charge in [-0.2, -0.15) is 0 Å². The monoisotopic (exact) mass is 658 g/mol. The van der Waals surface area contributed by atoms with Gasteiger partial charge in [0.15, 0.2) is 0 Å². The van der Waals surface area contributed by atoms with Gasteiger partial charge in [0, 0.05) is 53.8 Å². The minimum absolute atomic E-state index is 0.104. The number of piperidine rings is 1. The summed E-state index contributed by atoms with van der Waals surface area (Å²) in [6.07, 6.45) is -0.213. The first-order valence-corrected chi connectivity index (χ1v) is 19.7. The predicted octanol–water partition coefficient (Wildman–Crippen LogP) is 2.28. The van der Waals surface area contributed by atoms with Gasteiger partial charge < -0.3 is 29.7 Å². The second-order valence-electron chi connectivity index (χ2n) is 14.4. The van der Waals surface area contributed by atoms with Gasteiger partial charge in [-0.05, 0) is 45.4 Å². The highest BCUT2D eigenvalue weighted by Crippen LogP contribution is 2.34. The standard InChI is InChI=1S/C31H46N6O8Si/c1-31(2,3)45-30(43)33-13-14-34(20(17-33)18-38)27(40)21-7-8-22-26-25(21)32-11-12-35(26)29(42)37(22)23-9-10-24(39)36(28(23)41)19-44-15-16-46(4,5)6/h7-8,20,23,32,38H,9-19H2,1-6H3/t20-,23?/m0/s1. The van der Waals surface area contributed by atoms with Crippen molar-refractivity contribution in [2.24, 2.45) is 0 Å². The first-order valence-electron chi connectivity index (χ1n) is 15.9. The summed E-state index contributed by atoms with van der Waals surface area (Å²) in [6, 6.07) is 2.66. The molecule has 0 saturated carbocycles. The molecule has 2 fully saturated rings. The van der Waals surface area contributed by atoms with E-state index in [1.54, 1.807) is 42.4 Å². The topological polar surface area (TPSA) is 156 Å². The Hall–Kier alpha value is -3.69. The van der Waals surface area contributed by atoms with Crippen molar-refractivity contribution >= 4 is 48.6 Å². The van der Waals surface area contributed by atoms with E-state index < -0.39 is 37.8 Å². The molecule has 15 heteroatoms. The SMILES string of the molecule is CC(C)(C)OC(=O)N1CCN(C(=O)c2ccc3c4c2NCCn4c(=O)n3C2CCC(=O)N(COCC[Si](C)(C)C)C2=O)[C@H](CO)C1. The predicted molar refractivity (Wildman–Crippen MR) is 174 cm³/mol. The van der Waals surface area contributed by atoms with Gasteiger partial charge in [0.2, 0.25) is 5.91 Å². The summed E-state index contributed by atoms with van der Waals surface area (Å²) in [5, 5.41) is 13.5. The molecule has 2 saturated heterocycles. The number of amides is 4. The summed E-state index contributed by atoms with van der Waals surface area (Å²) in [7, 11) is -1.36. The Morgan fingerprint density at radius 2 is 1.83 bits per heavy atom. The Balaban J connectivity index is 1.41. The molecule has 2 aromatic rings. The highest BCUT2D eigenvalue weighted by Gasteiger charge is 2.40. The van der Waals surface area contributed by atoms with Crippen LogP contribution in [0.5, 0.6) is 0 Å². The van der Waals surface area contributed by atoms with E-state index in [1.165, 1.54) is 9.47 Å². The van der Waals surface area contributed by atoms with Gasteiger partial charge in [-0.3, -0.25) is 28.4 Å². The lowest BCUT2D eigenvalue weighted by atomic mass is 10.0. The second-order valence-corrected chi connectivity index (χ2v) is 20.0. The number of nitrogens with zero attached hydrogens (tertiary/aromatic N) is 5. The maximum Gasteiger partial charge on any atom is 0.410 e. The largest absolute Gasteiger partial charge is 0.444 e. The Morgan fingerprint density at radius 3 is 2.50 bits per heavy atom. The van der Waals surface area contributed by atoms with E-state index in [2.05, 4.69) is 25.0 Å². The number of benzene rings is 1. The van der Waals surface area contributed by atoms with E-state index in [9.17, 15) is 29.1 Å². The van der Waals surface area contributed by atoms with E-state index in [4.69, 9.17) is 9.47 Å². The highest BCUT2D eigenvalue weighted by atomic mass is 28.3. The fourth-order valence-corrected chi connectivity index (χ4v) is 6.95. The molecule has 4 heterocycles. The number of imidazole rings is 1. The van der Waals surface area contributed by atoms with E-state index in [1.807, 2.05) is 0 Å². The number of anilines is 1. The van der Waals surface area contributed by atoms with Crippen molar-refractivity contribution in [3.05, 3.63) is 28.2 Å². The normalized spacial score (nSPS) is 20.7. The van der Waals surface area contributed by atoms with Gasteiger partial charge in [-0.25, -0.2) is 9.59 Å². The van der Waals surface area contributed by atoms with Crippen LogP contribution in [0.4, 0.5) is 10.5 Å². The number of imide groups is 1. The van der Waals surface area contributed by atoms with Crippen LogP contribution in [0.2, 0.25) is 25.7 Å². The van der Waals surface area contributed by atoms with Crippen LogP contribution >= 0.6 is 0 Å². The number of aromatic nitrogens is 2. The number of hydrogen-bond acceptors (Lipinski definition) is 9. The lowest BCUT2D eigenvalue weighted by Crippen LogP contribution is -2.58. The zero-order chi connectivity index (χ0) is 33.6. The number of ether oxygens (including phenoxy) is 2. The lowest BCUT2D eigenvalue weighted by molar-refractivity contribution is -0.157. The van der Waals surface area contributed by atoms with Crippen molar-refractivity contribution in [1.29, 1.82) is 0 Å². The average Bonchev–Trinajstić information content (AvgIpc) is 3.27. The number of aliphatic hydroxyl groups excluding tert-OH is 1. The van der Waals surface area contributed by atoms with Crippen LogP contribution in [0.15, 0.2) is 16.9 Å². The molecule has 3 aliphatic rings. The molecule has 0 spiro atoms. The summed E-state index contributed by atoms with van der Waals surface area (Å²) in [6.45, 7) is 13.2. The number of nitrogens with one attached hydrogen (secondary N) is 1. The molecule has 3 aliphatic heterocycles. The van der Waals surface area contributed by atoms with E-state index in [0.29, 0.717) is 42.0 Å². The van der Waals surface area contributed by atoms with Crippen LogP contribution in [-0.4, -0.2) is 119 Å². The first kappa shape index (κ1) is 33.7. The molecular weight excluding hydrogens is 612 g/mol. The molecule has 252 valence electrons. The highest BCUT2D eigenvalue weighted by molar-refractivity contribution is 6.76. The van der Waals surface area contributed by atoms with Crippen molar-refractivity contribution in [2.75, 3.05) is 51.4 Å². The van der Waals surface area contributed by atoms with Gasteiger partial charge in [-0.15, -0.1) is 0 Å². The Labute approximate surface area is 269 Å². The molecule has 0 aliphatic carbocycles. The van der Waals surface area contributed by atoms with Crippen LogP contribution < -0.4 is 11.0 Å². The molecule has 0 radical (unpaired) electrons. The molecular formula is C31H46N6O8Si. The summed E-state index contributed by atoms with van der Waals surface area (Å²) in [4.78, 5) is 71.0. The summed E-state index contributed by atoms with van der Waals surface area (Å²) in [5.74, 6) is -1.15. The summed E-state index contributed by atoms with van der Waals surface area (Å²) < 4.78 is 14.2. The fraction of sp³-hybridized carbons (Fsp3) is 0.645. The summed E-state index contributed by atoms with van der Waals surface area (Å²) >= 11 is 0. The molecule has 14 nitrogen and oxygen atoms in total. The molecule has 5 rings (SSSR count). The number of aliphatic hydroxyl groups is 1. The van der Waals surface area contributed by atoms with Crippen molar-refractivity contribution in [2.45, 2.75) is 83.5 Å². The number of carbonyl (C=O) groups is 4. The van der Waals surface area contributed by atoms with Crippen LogP contribution in [0.1, 0.15) is 50.0 Å². The van der Waals surface area contributed by atoms with Crippen LogP contribution in [0.25, 0.3) is 11.0 Å². The van der Waals surface area contributed by atoms with Crippen molar-refractivity contribution in [1.82, 2.24) is 23.8 Å². The number of rotatable bonds is 8. The smallest absolute Gasteiger partial charge is 0.410 e. The molecule has 2 N–H and O–H groups in total. The number of hydrogen-bond donors (Lipinski definition) is 2. The molecule has 1 aromatic carbocycles. The molecule has 2 atom stereocenters. The van der Waals surface area contributed by atoms with Crippen molar-refractivity contribution in [3.8, 4) is 0 Å². The average molecular weight is 659 g/mol. The maximum absolute atomic E-state index is 14.0. The molecule has 46 heavy (non-hydrogen) atoms. The third kappa shape index (κ3) is 6.71. The van der Waals surface area contributed by atoms with E-state index in [0.717, 1.165) is 10.9 Å². The zero-order valence-corrected chi connectivity index (χ0v) is 28.6. The lowest BCUT2D eigenvalue weighted by Gasteiger charge is -2.41. The third-order valence-electron chi connectivity index (χ3n) is 8.61. The van der Waals surface area contributed by atoms with Crippen molar-refractivity contribution < 1.29 is 33.8 Å². The van der Waals surface area contributed by atoms with Gasteiger partial charge in [-0.1, -0.05) is 19.6 Å². The Bertz CT molecular complexity index is 1590. The van der Waals surface area contributed by atoms with Gasteiger partial charge in [0.25, 0.3) is 11.8 Å².